The molecule has 0 fully saturated rings. The van der Waals surface area contributed by atoms with E-state index in [2.05, 4.69) is 22.9 Å². The molecule has 0 aliphatic carbocycles. The van der Waals surface area contributed by atoms with Gasteiger partial charge in [-0.2, -0.15) is 0 Å². The number of hydrogen-bond donors (Lipinski definition) is 1. The number of fused-ring (bicyclic) bond motifs is 3. The molecular formula is C26H31N3O3S. The lowest BCUT2D eigenvalue weighted by atomic mass is 10.00. The number of carbonyl (C=O) groups excluding carboxylic acids is 2. The molecule has 1 atom stereocenters. The van der Waals surface area contributed by atoms with Crippen LogP contribution in [0, 0.1) is 0 Å². The zero-order chi connectivity index (χ0) is 23.4. The zero-order valence-electron chi connectivity index (χ0n) is 19.5. The lowest BCUT2D eigenvalue weighted by Gasteiger charge is -2.31. The Balaban J connectivity index is 1.84. The summed E-state index contributed by atoms with van der Waals surface area (Å²) in [4.78, 5) is 29.0. The van der Waals surface area contributed by atoms with Crippen LogP contribution < -0.4 is 10.2 Å². The Kier molecular flexibility index (Phi) is 7.40. The first-order valence-electron chi connectivity index (χ1n) is 11.5. The number of hydrogen-bond acceptors (Lipinski definition) is 4. The second kappa shape index (κ2) is 10.4. The number of rotatable bonds is 8. The van der Waals surface area contributed by atoms with E-state index in [0.717, 1.165) is 45.6 Å². The molecule has 174 valence electrons. The van der Waals surface area contributed by atoms with Crippen molar-refractivity contribution < 1.29 is 14.3 Å². The molecule has 0 unspecified atom stereocenters. The minimum Gasteiger partial charge on any atom is -0.382 e. The van der Waals surface area contributed by atoms with E-state index in [0.29, 0.717) is 19.8 Å². The number of amides is 2. The molecule has 1 aliphatic heterocycles. The summed E-state index contributed by atoms with van der Waals surface area (Å²) in [5.74, 6) is 0.0603. The standard InChI is InChI=1S/C26H31N3O3S/c1-4-18-11-6-8-13-20(18)29-22(30)17-33-26-23(19-12-7-9-14-21(19)28(26)3)24(29)25(31)27-15-10-16-32-5-2/h6-9,11-14,24H,4-5,10,15-17H2,1-3H3,(H,27,31)/t24-/m1/s1. The van der Waals surface area contributed by atoms with E-state index in [4.69, 9.17) is 4.74 Å². The summed E-state index contributed by atoms with van der Waals surface area (Å²) in [5, 5.41) is 5.05. The smallest absolute Gasteiger partial charge is 0.247 e. The molecule has 0 radical (unpaired) electrons. The molecule has 1 aliphatic rings. The van der Waals surface area contributed by atoms with Crippen LogP contribution in [0.1, 0.15) is 37.4 Å². The predicted octanol–water partition coefficient (Wildman–Crippen LogP) is 4.46. The summed E-state index contributed by atoms with van der Waals surface area (Å²) in [6.45, 7) is 5.78. The molecule has 0 spiro atoms. The fourth-order valence-electron chi connectivity index (χ4n) is 4.50. The third kappa shape index (κ3) is 4.52. The first kappa shape index (κ1) is 23.4. The van der Waals surface area contributed by atoms with Crippen LogP contribution in [0.3, 0.4) is 0 Å². The van der Waals surface area contributed by atoms with Gasteiger partial charge in [0.1, 0.15) is 6.04 Å². The van der Waals surface area contributed by atoms with Crippen LogP contribution in [0.2, 0.25) is 0 Å². The van der Waals surface area contributed by atoms with Gasteiger partial charge >= 0.3 is 0 Å². The third-order valence-electron chi connectivity index (χ3n) is 6.07. The van der Waals surface area contributed by atoms with Crippen molar-refractivity contribution in [1.82, 2.24) is 9.88 Å². The van der Waals surface area contributed by atoms with Gasteiger partial charge in [0.05, 0.1) is 10.8 Å². The van der Waals surface area contributed by atoms with Gasteiger partial charge in [0.25, 0.3) is 0 Å². The van der Waals surface area contributed by atoms with E-state index in [9.17, 15) is 9.59 Å². The van der Waals surface area contributed by atoms with Gasteiger partial charge in [-0.1, -0.05) is 55.1 Å². The Bertz CT molecular complexity index is 1160. The van der Waals surface area contributed by atoms with Crippen molar-refractivity contribution in [3.63, 3.8) is 0 Å². The maximum Gasteiger partial charge on any atom is 0.247 e. The average Bonchev–Trinajstić information content (AvgIpc) is 3.01. The van der Waals surface area contributed by atoms with Gasteiger partial charge in [-0.25, -0.2) is 0 Å². The molecular weight excluding hydrogens is 434 g/mol. The summed E-state index contributed by atoms with van der Waals surface area (Å²) in [6.07, 6.45) is 1.50. The van der Waals surface area contributed by atoms with Crippen molar-refractivity contribution in [3.8, 4) is 0 Å². The number of ether oxygens (including phenoxy) is 1. The number of aromatic nitrogens is 1. The second-order valence-corrected chi connectivity index (χ2v) is 9.04. The Hall–Kier alpha value is -2.77. The molecule has 1 N–H and O–H groups in total. The van der Waals surface area contributed by atoms with Gasteiger partial charge in [-0.05, 0) is 37.5 Å². The van der Waals surface area contributed by atoms with Gasteiger partial charge in [0.15, 0.2) is 0 Å². The molecule has 7 heteroatoms. The maximum absolute atomic E-state index is 13.8. The fraction of sp³-hybridized carbons (Fsp3) is 0.385. The SMILES string of the molecule is CCOCCCNC(=O)[C@H]1c2c(n(C)c3ccccc23)SCC(=O)N1c1ccccc1CC. The van der Waals surface area contributed by atoms with Crippen molar-refractivity contribution in [3.05, 3.63) is 59.7 Å². The molecule has 0 saturated carbocycles. The van der Waals surface area contributed by atoms with Crippen LogP contribution in [0.4, 0.5) is 5.69 Å². The monoisotopic (exact) mass is 465 g/mol. The van der Waals surface area contributed by atoms with E-state index in [-0.39, 0.29) is 17.6 Å². The lowest BCUT2D eigenvalue weighted by molar-refractivity contribution is -0.125. The molecule has 2 heterocycles. The van der Waals surface area contributed by atoms with Crippen molar-refractivity contribution >= 4 is 40.2 Å². The highest BCUT2D eigenvalue weighted by Gasteiger charge is 2.40. The Morgan fingerprint density at radius 1 is 1.15 bits per heavy atom. The second-order valence-electron chi connectivity index (χ2n) is 8.07. The summed E-state index contributed by atoms with van der Waals surface area (Å²) in [6, 6.07) is 15.2. The number of aryl methyl sites for hydroxylation is 2. The molecule has 2 aromatic carbocycles. The summed E-state index contributed by atoms with van der Waals surface area (Å²) in [7, 11) is 2.01. The quantitative estimate of drug-likeness (QED) is 0.499. The van der Waals surface area contributed by atoms with Crippen molar-refractivity contribution in [2.45, 2.75) is 37.8 Å². The van der Waals surface area contributed by atoms with Crippen molar-refractivity contribution in [2.24, 2.45) is 7.05 Å². The molecule has 0 bridgehead atoms. The minimum atomic E-state index is -0.742. The Morgan fingerprint density at radius 3 is 2.70 bits per heavy atom. The number of benzene rings is 2. The van der Waals surface area contributed by atoms with E-state index in [1.54, 1.807) is 4.90 Å². The van der Waals surface area contributed by atoms with Crippen LogP contribution in [0.25, 0.3) is 10.9 Å². The molecule has 6 nitrogen and oxygen atoms in total. The number of thioether (sulfide) groups is 1. The van der Waals surface area contributed by atoms with Crippen LogP contribution in [0.15, 0.2) is 53.6 Å². The highest BCUT2D eigenvalue weighted by molar-refractivity contribution is 8.00. The highest BCUT2D eigenvalue weighted by atomic mass is 32.2. The van der Waals surface area contributed by atoms with Crippen LogP contribution in [-0.4, -0.2) is 41.9 Å². The van der Waals surface area contributed by atoms with E-state index in [1.165, 1.54) is 11.8 Å². The topological polar surface area (TPSA) is 63.6 Å². The number of para-hydroxylation sites is 2. The first-order chi connectivity index (χ1) is 16.1. The number of carbonyl (C=O) groups is 2. The lowest BCUT2D eigenvalue weighted by Crippen LogP contribution is -2.44. The molecule has 3 aromatic rings. The molecule has 4 rings (SSSR count). The minimum absolute atomic E-state index is 0.0596. The molecule has 2 amide bonds. The molecule has 1 aromatic heterocycles. The van der Waals surface area contributed by atoms with Gasteiger partial charge in [-0.3, -0.25) is 14.5 Å². The highest BCUT2D eigenvalue weighted by Crippen LogP contribution is 2.44. The van der Waals surface area contributed by atoms with Crippen LogP contribution in [-0.2, 0) is 27.8 Å². The van der Waals surface area contributed by atoms with Gasteiger partial charge in [-0.15, -0.1) is 0 Å². The average molecular weight is 466 g/mol. The van der Waals surface area contributed by atoms with E-state index < -0.39 is 6.04 Å². The normalized spacial score (nSPS) is 16.0. The third-order valence-corrected chi connectivity index (χ3v) is 7.23. The maximum atomic E-state index is 13.8. The fourth-order valence-corrected chi connectivity index (χ4v) is 5.57. The van der Waals surface area contributed by atoms with Gasteiger partial charge in [0.2, 0.25) is 11.8 Å². The number of anilines is 1. The van der Waals surface area contributed by atoms with Gasteiger partial charge < -0.3 is 14.6 Å². The Morgan fingerprint density at radius 2 is 1.91 bits per heavy atom. The Labute approximate surface area is 199 Å². The predicted molar refractivity (Wildman–Crippen MR) is 134 cm³/mol. The molecule has 0 saturated heterocycles. The first-order valence-corrected chi connectivity index (χ1v) is 12.5. The molecule has 33 heavy (non-hydrogen) atoms. The van der Waals surface area contributed by atoms with Gasteiger partial charge in [0, 0.05) is 49.0 Å². The van der Waals surface area contributed by atoms with Crippen LogP contribution in [0.5, 0.6) is 0 Å². The van der Waals surface area contributed by atoms with Crippen LogP contribution >= 0.6 is 11.8 Å². The van der Waals surface area contributed by atoms with Crippen molar-refractivity contribution in [2.75, 3.05) is 30.4 Å². The van der Waals surface area contributed by atoms with E-state index >= 15 is 0 Å². The largest absolute Gasteiger partial charge is 0.382 e. The number of nitrogens with one attached hydrogen (secondary N) is 1. The number of nitrogens with zero attached hydrogens (tertiary/aromatic N) is 2. The summed E-state index contributed by atoms with van der Waals surface area (Å²) < 4.78 is 7.52. The summed E-state index contributed by atoms with van der Waals surface area (Å²) >= 11 is 1.51. The summed E-state index contributed by atoms with van der Waals surface area (Å²) in [5.41, 5.74) is 3.81. The van der Waals surface area contributed by atoms with Crippen molar-refractivity contribution in [1.29, 1.82) is 0 Å². The van der Waals surface area contributed by atoms with E-state index in [1.807, 2.05) is 56.4 Å². The zero-order valence-corrected chi connectivity index (χ0v) is 20.3.